The summed E-state index contributed by atoms with van der Waals surface area (Å²) in [5, 5.41) is 3.85. The molecule has 0 aliphatic heterocycles. The average molecular weight is 221 g/mol. The van der Waals surface area contributed by atoms with Gasteiger partial charge >= 0.3 is 11.7 Å². The third-order valence-corrected chi connectivity index (χ3v) is 2.03. The normalized spacial score (nSPS) is 10.1. The van der Waals surface area contributed by atoms with E-state index >= 15 is 0 Å². The fourth-order valence-corrected chi connectivity index (χ4v) is 1.22. The first-order valence-electron chi connectivity index (χ1n) is 4.66. The summed E-state index contributed by atoms with van der Waals surface area (Å²) in [6.45, 7) is 0. The highest BCUT2D eigenvalue weighted by Crippen LogP contribution is 2.08. The zero-order chi connectivity index (χ0) is 11.5. The molecule has 0 saturated heterocycles. The summed E-state index contributed by atoms with van der Waals surface area (Å²) in [6.07, 6.45) is 0. The molecule has 0 bridgehead atoms. The highest BCUT2D eigenvalue weighted by molar-refractivity contribution is 5.20. The molecule has 2 rings (SSSR count). The summed E-state index contributed by atoms with van der Waals surface area (Å²) in [6, 6.07) is 9.12. The van der Waals surface area contributed by atoms with E-state index in [0.717, 1.165) is 4.85 Å². The number of aromatic nitrogens is 3. The maximum atomic E-state index is 11.6. The van der Waals surface area contributed by atoms with E-state index in [2.05, 4.69) is 5.10 Å². The van der Waals surface area contributed by atoms with Gasteiger partial charge < -0.3 is 9.57 Å². The zero-order valence-corrected chi connectivity index (χ0v) is 8.95. The Bertz CT molecular complexity index is 530. The quantitative estimate of drug-likeness (QED) is 0.754. The van der Waals surface area contributed by atoms with Gasteiger partial charge in [0.1, 0.15) is 0 Å². The molecule has 0 spiro atoms. The van der Waals surface area contributed by atoms with Crippen LogP contribution in [0.3, 0.4) is 0 Å². The Hall–Kier alpha value is -2.24. The molecule has 0 fully saturated rings. The number of hydrogen-bond acceptors (Lipinski definition) is 4. The first kappa shape index (κ1) is 10.3. The van der Waals surface area contributed by atoms with Crippen LogP contribution in [0.2, 0.25) is 0 Å². The van der Waals surface area contributed by atoms with Gasteiger partial charge in [0.2, 0.25) is 0 Å². The van der Waals surface area contributed by atoms with E-state index in [-0.39, 0.29) is 6.01 Å². The van der Waals surface area contributed by atoms with Crippen LogP contribution < -0.4 is 15.3 Å². The first-order valence-corrected chi connectivity index (χ1v) is 4.66. The van der Waals surface area contributed by atoms with Crippen LogP contribution in [0.4, 0.5) is 0 Å². The maximum absolute atomic E-state index is 11.6. The third kappa shape index (κ3) is 1.77. The Morgan fingerprint density at radius 3 is 2.50 bits per heavy atom. The van der Waals surface area contributed by atoms with Gasteiger partial charge in [0.25, 0.3) is 0 Å². The smallest absolute Gasteiger partial charge is 0.383 e. The molecular formula is C10H11N3O3. The van der Waals surface area contributed by atoms with Crippen molar-refractivity contribution in [2.45, 2.75) is 0 Å². The van der Waals surface area contributed by atoms with Crippen LogP contribution in [0.5, 0.6) is 11.8 Å². The van der Waals surface area contributed by atoms with Crippen molar-refractivity contribution in [1.82, 2.24) is 14.5 Å². The Kier molecular flexibility index (Phi) is 2.63. The summed E-state index contributed by atoms with van der Waals surface area (Å²) in [5.74, 6) is 0.533. The minimum atomic E-state index is -0.402. The molecule has 0 radical (unpaired) electrons. The standard InChI is InChI=1S/C10H11N3O3/c1-12-9(15-2)11-13(10(12)14)16-8-6-4-3-5-7-8/h3-7H,1-2H3. The topological polar surface area (TPSA) is 58.3 Å². The van der Waals surface area contributed by atoms with Crippen molar-refractivity contribution < 1.29 is 9.57 Å². The van der Waals surface area contributed by atoms with Crippen molar-refractivity contribution in [3.63, 3.8) is 0 Å². The van der Waals surface area contributed by atoms with E-state index in [1.165, 1.54) is 11.7 Å². The lowest BCUT2D eigenvalue weighted by atomic mass is 10.3. The number of ether oxygens (including phenoxy) is 1. The highest BCUT2D eigenvalue weighted by atomic mass is 16.7. The van der Waals surface area contributed by atoms with E-state index in [1.807, 2.05) is 6.07 Å². The molecule has 1 heterocycles. The molecule has 84 valence electrons. The van der Waals surface area contributed by atoms with Crippen LogP contribution in [0.15, 0.2) is 35.1 Å². The van der Waals surface area contributed by atoms with Crippen molar-refractivity contribution in [2.75, 3.05) is 7.11 Å². The molecule has 0 aliphatic carbocycles. The fourth-order valence-electron chi connectivity index (χ4n) is 1.22. The number of rotatable bonds is 3. The molecule has 0 unspecified atom stereocenters. The number of benzene rings is 1. The van der Waals surface area contributed by atoms with E-state index in [1.54, 1.807) is 31.3 Å². The van der Waals surface area contributed by atoms with Gasteiger partial charge in [0.15, 0.2) is 5.75 Å². The predicted molar refractivity (Wildman–Crippen MR) is 56.5 cm³/mol. The number of para-hydroxylation sites is 1. The van der Waals surface area contributed by atoms with Crippen molar-refractivity contribution in [1.29, 1.82) is 0 Å². The molecular weight excluding hydrogens is 210 g/mol. The van der Waals surface area contributed by atoms with Gasteiger partial charge in [0.05, 0.1) is 7.11 Å². The molecule has 0 atom stereocenters. The van der Waals surface area contributed by atoms with Crippen molar-refractivity contribution in [2.24, 2.45) is 7.05 Å². The maximum Gasteiger partial charge on any atom is 0.383 e. The minimum absolute atomic E-state index is 0.195. The van der Waals surface area contributed by atoms with E-state index < -0.39 is 5.69 Å². The van der Waals surface area contributed by atoms with Gasteiger partial charge in [-0.25, -0.2) is 9.36 Å². The van der Waals surface area contributed by atoms with Gasteiger partial charge in [-0.2, -0.15) is 0 Å². The Balaban J connectivity index is 2.33. The lowest BCUT2D eigenvalue weighted by molar-refractivity contribution is 0.163. The summed E-state index contributed by atoms with van der Waals surface area (Å²) >= 11 is 0. The van der Waals surface area contributed by atoms with Crippen LogP contribution in [0.25, 0.3) is 0 Å². The van der Waals surface area contributed by atoms with Crippen LogP contribution in [-0.4, -0.2) is 21.6 Å². The van der Waals surface area contributed by atoms with Crippen LogP contribution in [0.1, 0.15) is 0 Å². The van der Waals surface area contributed by atoms with Gasteiger partial charge in [0, 0.05) is 7.05 Å². The monoisotopic (exact) mass is 221 g/mol. The second-order valence-electron chi connectivity index (χ2n) is 3.11. The third-order valence-electron chi connectivity index (χ3n) is 2.03. The second kappa shape index (κ2) is 4.09. The molecule has 1 aromatic carbocycles. The Morgan fingerprint density at radius 1 is 1.25 bits per heavy atom. The predicted octanol–water partition coefficient (Wildman–Crippen LogP) is 0.432. The number of nitrogens with zero attached hydrogens (tertiary/aromatic N) is 3. The fraction of sp³-hybridized carbons (Fsp3) is 0.200. The van der Waals surface area contributed by atoms with Gasteiger partial charge in [-0.1, -0.05) is 23.3 Å². The van der Waals surface area contributed by atoms with E-state index in [9.17, 15) is 4.79 Å². The van der Waals surface area contributed by atoms with E-state index in [0.29, 0.717) is 5.75 Å². The summed E-state index contributed by atoms with van der Waals surface area (Å²) in [7, 11) is 2.99. The number of hydrogen-bond donors (Lipinski definition) is 0. The van der Waals surface area contributed by atoms with E-state index in [4.69, 9.17) is 9.57 Å². The summed E-state index contributed by atoms with van der Waals surface area (Å²) in [5.41, 5.74) is -0.402. The molecule has 16 heavy (non-hydrogen) atoms. The lowest BCUT2D eigenvalue weighted by Gasteiger charge is -2.00. The molecule has 0 aliphatic rings. The molecule has 0 N–H and O–H groups in total. The van der Waals surface area contributed by atoms with Crippen molar-refractivity contribution in [3.05, 3.63) is 40.8 Å². The van der Waals surface area contributed by atoms with Gasteiger partial charge in [-0.15, -0.1) is 0 Å². The van der Waals surface area contributed by atoms with Crippen LogP contribution >= 0.6 is 0 Å². The summed E-state index contributed by atoms with van der Waals surface area (Å²) in [4.78, 5) is 17.8. The largest absolute Gasteiger partial charge is 0.467 e. The highest BCUT2D eigenvalue weighted by Gasteiger charge is 2.11. The minimum Gasteiger partial charge on any atom is -0.467 e. The molecule has 6 heteroatoms. The Morgan fingerprint density at radius 2 is 1.94 bits per heavy atom. The van der Waals surface area contributed by atoms with Crippen molar-refractivity contribution >= 4 is 0 Å². The van der Waals surface area contributed by atoms with Gasteiger partial charge in [-0.3, -0.25) is 0 Å². The molecule has 0 saturated carbocycles. The van der Waals surface area contributed by atoms with Crippen molar-refractivity contribution in [3.8, 4) is 11.8 Å². The molecule has 2 aromatic rings. The first-order chi connectivity index (χ1) is 7.72. The summed E-state index contributed by atoms with van der Waals surface area (Å²) < 4.78 is 6.15. The van der Waals surface area contributed by atoms with Crippen LogP contribution in [-0.2, 0) is 7.05 Å². The van der Waals surface area contributed by atoms with Crippen LogP contribution in [0, 0.1) is 0 Å². The van der Waals surface area contributed by atoms with Gasteiger partial charge in [-0.05, 0) is 17.0 Å². The average Bonchev–Trinajstić information content (AvgIpc) is 2.58. The lowest BCUT2D eigenvalue weighted by Crippen LogP contribution is -2.26. The SMILES string of the molecule is COc1nn(Oc2ccccc2)c(=O)n1C. The zero-order valence-electron chi connectivity index (χ0n) is 8.95. The number of methoxy groups -OCH3 is 1. The second-order valence-corrected chi connectivity index (χ2v) is 3.11. The molecule has 1 aromatic heterocycles. The molecule has 6 nitrogen and oxygen atoms in total. The molecule has 0 amide bonds. The Labute approximate surface area is 91.6 Å².